The summed E-state index contributed by atoms with van der Waals surface area (Å²) in [7, 11) is 0. The fourth-order valence-electron chi connectivity index (χ4n) is 1.99. The van der Waals surface area contributed by atoms with Gasteiger partial charge in [0.15, 0.2) is 0 Å². The van der Waals surface area contributed by atoms with Crippen LogP contribution in [0.15, 0.2) is 46.3 Å². The minimum atomic E-state index is -0.247. The minimum absolute atomic E-state index is 0.247. The van der Waals surface area contributed by atoms with Crippen molar-refractivity contribution in [2.24, 2.45) is 0 Å². The minimum Gasteiger partial charge on any atom is -0.393 e. The van der Waals surface area contributed by atoms with Crippen LogP contribution >= 0.6 is 27.3 Å². The number of halogens is 1. The Balaban J connectivity index is 1.75. The lowest BCUT2D eigenvalue weighted by atomic mass is 10.0. The molecule has 0 spiro atoms. The van der Waals surface area contributed by atoms with Crippen LogP contribution in [-0.2, 0) is 12.8 Å². The molecule has 1 aromatic carbocycles. The summed E-state index contributed by atoms with van der Waals surface area (Å²) in [6.45, 7) is 0. The van der Waals surface area contributed by atoms with E-state index in [-0.39, 0.29) is 6.10 Å². The van der Waals surface area contributed by atoms with Crippen LogP contribution in [0.4, 0.5) is 0 Å². The Kier molecular flexibility index (Phi) is 5.42. The quantitative estimate of drug-likeness (QED) is 0.833. The second-order valence-electron chi connectivity index (χ2n) is 4.42. The van der Waals surface area contributed by atoms with Crippen molar-refractivity contribution in [3.05, 3.63) is 56.7 Å². The molecular formula is C15H17BrOS. The summed E-state index contributed by atoms with van der Waals surface area (Å²) < 4.78 is 1.09. The Bertz CT molecular complexity index is 467. The zero-order chi connectivity index (χ0) is 12.8. The molecule has 0 saturated carbocycles. The Morgan fingerprint density at radius 3 is 2.72 bits per heavy atom. The molecule has 1 nitrogen and oxygen atoms in total. The maximum atomic E-state index is 10.0. The van der Waals surface area contributed by atoms with Crippen molar-refractivity contribution in [3.63, 3.8) is 0 Å². The van der Waals surface area contributed by atoms with Gasteiger partial charge in [-0.1, -0.05) is 40.2 Å². The highest BCUT2D eigenvalue weighted by Crippen LogP contribution is 2.19. The zero-order valence-electron chi connectivity index (χ0n) is 10.2. The molecule has 1 N–H and O–H groups in total. The van der Waals surface area contributed by atoms with E-state index in [9.17, 15) is 5.11 Å². The van der Waals surface area contributed by atoms with E-state index < -0.39 is 0 Å². The van der Waals surface area contributed by atoms with E-state index in [1.807, 2.05) is 18.2 Å². The van der Waals surface area contributed by atoms with E-state index in [1.54, 1.807) is 11.3 Å². The van der Waals surface area contributed by atoms with Gasteiger partial charge < -0.3 is 5.11 Å². The Morgan fingerprint density at radius 1 is 1.17 bits per heavy atom. The second-order valence-corrected chi connectivity index (χ2v) is 6.31. The van der Waals surface area contributed by atoms with Gasteiger partial charge in [0.25, 0.3) is 0 Å². The fraction of sp³-hybridized carbons (Fsp3) is 0.333. The maximum absolute atomic E-state index is 10.0. The third kappa shape index (κ3) is 4.23. The lowest BCUT2D eigenvalue weighted by molar-refractivity contribution is 0.162. The Morgan fingerprint density at radius 2 is 2.00 bits per heavy atom. The van der Waals surface area contributed by atoms with Gasteiger partial charge in [-0.3, -0.25) is 0 Å². The standard InChI is InChI=1S/C15H17BrOS/c16-15-9-2-1-5-12(15)11-13(17)6-3-7-14-8-4-10-18-14/h1-2,4-5,8-10,13,17H,3,6-7,11H2. The van der Waals surface area contributed by atoms with Gasteiger partial charge in [0.2, 0.25) is 0 Å². The molecule has 3 heteroatoms. The van der Waals surface area contributed by atoms with Gasteiger partial charge in [0.1, 0.15) is 0 Å². The summed E-state index contributed by atoms with van der Waals surface area (Å²) in [5, 5.41) is 12.1. The monoisotopic (exact) mass is 324 g/mol. The van der Waals surface area contributed by atoms with Crippen molar-refractivity contribution in [1.82, 2.24) is 0 Å². The van der Waals surface area contributed by atoms with Gasteiger partial charge in [0.05, 0.1) is 6.10 Å². The van der Waals surface area contributed by atoms with Gasteiger partial charge in [-0.05, 0) is 48.8 Å². The molecule has 1 atom stereocenters. The van der Waals surface area contributed by atoms with Crippen molar-refractivity contribution >= 4 is 27.3 Å². The summed E-state index contributed by atoms with van der Waals surface area (Å²) in [5.41, 5.74) is 1.18. The van der Waals surface area contributed by atoms with Crippen molar-refractivity contribution < 1.29 is 5.11 Å². The van der Waals surface area contributed by atoms with Crippen LogP contribution in [-0.4, -0.2) is 11.2 Å². The lowest BCUT2D eigenvalue weighted by Crippen LogP contribution is -2.11. The molecule has 0 fully saturated rings. The van der Waals surface area contributed by atoms with Gasteiger partial charge in [-0.2, -0.15) is 0 Å². The van der Waals surface area contributed by atoms with E-state index >= 15 is 0 Å². The number of hydrogen-bond donors (Lipinski definition) is 1. The van der Waals surface area contributed by atoms with Crippen molar-refractivity contribution in [2.75, 3.05) is 0 Å². The average Bonchev–Trinajstić information content (AvgIpc) is 2.85. The van der Waals surface area contributed by atoms with Crippen LogP contribution in [0.2, 0.25) is 0 Å². The summed E-state index contributed by atoms with van der Waals surface area (Å²) in [4.78, 5) is 1.41. The normalized spacial score (nSPS) is 12.6. The first kappa shape index (κ1) is 13.8. The number of rotatable bonds is 6. The first-order valence-corrected chi connectivity index (χ1v) is 7.87. The van der Waals surface area contributed by atoms with E-state index in [2.05, 4.69) is 39.5 Å². The van der Waals surface area contributed by atoms with E-state index in [1.165, 1.54) is 10.4 Å². The molecule has 1 heterocycles. The largest absolute Gasteiger partial charge is 0.393 e. The molecule has 96 valence electrons. The molecule has 0 aliphatic heterocycles. The smallest absolute Gasteiger partial charge is 0.0581 e. The molecule has 0 amide bonds. The van der Waals surface area contributed by atoms with Gasteiger partial charge in [-0.15, -0.1) is 11.3 Å². The van der Waals surface area contributed by atoms with Crippen LogP contribution in [0.5, 0.6) is 0 Å². The summed E-state index contributed by atoms with van der Waals surface area (Å²) >= 11 is 5.31. The molecule has 1 aromatic heterocycles. The van der Waals surface area contributed by atoms with Gasteiger partial charge >= 0.3 is 0 Å². The van der Waals surface area contributed by atoms with Crippen LogP contribution in [0.3, 0.4) is 0 Å². The molecule has 0 aliphatic rings. The number of aliphatic hydroxyl groups is 1. The predicted octanol–water partition coefficient (Wildman–Crippen LogP) is 4.44. The van der Waals surface area contributed by atoms with Crippen LogP contribution in [0.1, 0.15) is 23.3 Å². The van der Waals surface area contributed by atoms with Crippen LogP contribution in [0, 0.1) is 0 Å². The molecule has 0 bridgehead atoms. The third-order valence-electron chi connectivity index (χ3n) is 2.95. The number of thiophene rings is 1. The van der Waals surface area contributed by atoms with Crippen molar-refractivity contribution in [1.29, 1.82) is 0 Å². The number of aliphatic hydroxyl groups excluding tert-OH is 1. The third-order valence-corrected chi connectivity index (χ3v) is 4.66. The fourth-order valence-corrected chi connectivity index (χ4v) is 3.18. The van der Waals surface area contributed by atoms with Crippen molar-refractivity contribution in [3.8, 4) is 0 Å². The molecule has 1 unspecified atom stereocenters. The van der Waals surface area contributed by atoms with Crippen molar-refractivity contribution in [2.45, 2.75) is 31.8 Å². The Labute approximate surface area is 121 Å². The highest BCUT2D eigenvalue weighted by molar-refractivity contribution is 9.10. The highest BCUT2D eigenvalue weighted by Gasteiger charge is 2.08. The van der Waals surface area contributed by atoms with E-state index in [0.29, 0.717) is 0 Å². The molecule has 0 aliphatic carbocycles. The van der Waals surface area contributed by atoms with Gasteiger partial charge in [-0.25, -0.2) is 0 Å². The first-order chi connectivity index (χ1) is 8.75. The molecular weight excluding hydrogens is 308 g/mol. The van der Waals surface area contributed by atoms with Gasteiger partial charge in [0, 0.05) is 9.35 Å². The second kappa shape index (κ2) is 7.07. The number of benzene rings is 1. The predicted molar refractivity (Wildman–Crippen MR) is 81.1 cm³/mol. The summed E-state index contributed by atoms with van der Waals surface area (Å²) in [6.07, 6.45) is 3.46. The summed E-state index contributed by atoms with van der Waals surface area (Å²) in [6, 6.07) is 12.3. The molecule has 18 heavy (non-hydrogen) atoms. The molecule has 0 radical (unpaired) electrons. The number of hydrogen-bond acceptors (Lipinski definition) is 2. The van der Waals surface area contributed by atoms with E-state index in [4.69, 9.17) is 0 Å². The average molecular weight is 325 g/mol. The van der Waals surface area contributed by atoms with Crippen LogP contribution in [0.25, 0.3) is 0 Å². The lowest BCUT2D eigenvalue weighted by Gasteiger charge is -2.11. The zero-order valence-corrected chi connectivity index (χ0v) is 12.6. The molecule has 2 aromatic rings. The molecule has 2 rings (SSSR count). The SMILES string of the molecule is OC(CCCc1cccs1)Cc1ccccc1Br. The highest BCUT2D eigenvalue weighted by atomic mass is 79.9. The Hall–Kier alpha value is -0.640. The number of aryl methyl sites for hydroxylation is 1. The van der Waals surface area contributed by atoms with Crippen LogP contribution < -0.4 is 0 Å². The molecule has 0 saturated heterocycles. The van der Waals surface area contributed by atoms with E-state index in [0.717, 1.165) is 30.2 Å². The summed E-state index contributed by atoms with van der Waals surface area (Å²) in [5.74, 6) is 0. The maximum Gasteiger partial charge on any atom is 0.0581 e. The topological polar surface area (TPSA) is 20.2 Å². The first-order valence-electron chi connectivity index (χ1n) is 6.19.